The van der Waals surface area contributed by atoms with E-state index in [1.165, 1.54) is 0 Å². The molecule has 0 saturated carbocycles. The van der Waals surface area contributed by atoms with E-state index in [1.807, 2.05) is 67.5 Å². The fraction of sp³-hybridized carbons (Fsp3) is 0.562. The van der Waals surface area contributed by atoms with Crippen molar-refractivity contribution in [3.8, 4) is 0 Å². The fourth-order valence-electron chi connectivity index (χ4n) is 7.12. The van der Waals surface area contributed by atoms with Crippen LogP contribution in [0.15, 0.2) is 48.5 Å². The van der Waals surface area contributed by atoms with Crippen LogP contribution in [0.5, 0.6) is 0 Å². The van der Waals surface area contributed by atoms with Gasteiger partial charge in [-0.2, -0.15) is 0 Å². The van der Waals surface area contributed by atoms with Gasteiger partial charge in [-0.05, 0) is 88.0 Å². The van der Waals surface area contributed by atoms with Crippen LogP contribution in [-0.4, -0.2) is 91.5 Å². The highest BCUT2D eigenvalue weighted by Crippen LogP contribution is 2.41. The molecule has 3 heterocycles. The number of amides is 2. The van der Waals surface area contributed by atoms with Crippen LogP contribution in [0.3, 0.4) is 0 Å². The Labute approximate surface area is 254 Å². The molecule has 0 spiro atoms. The molecule has 2 aromatic rings. The average molecular weight is 602 g/mol. The highest BCUT2D eigenvalue weighted by molar-refractivity contribution is 6.42. The van der Waals surface area contributed by atoms with Crippen LogP contribution < -0.4 is 5.32 Å². The molecule has 0 radical (unpaired) electrons. The third-order valence-corrected chi connectivity index (χ3v) is 9.97. The number of benzene rings is 2. The maximum absolute atomic E-state index is 13.7. The maximum Gasteiger partial charge on any atom is 0.254 e. The minimum atomic E-state index is -0.729. The van der Waals surface area contributed by atoms with E-state index in [4.69, 9.17) is 27.9 Å². The zero-order valence-electron chi connectivity index (χ0n) is 24.2. The molecule has 41 heavy (non-hydrogen) atoms. The summed E-state index contributed by atoms with van der Waals surface area (Å²) >= 11 is 12.8. The highest BCUT2D eigenvalue weighted by Gasteiger charge is 2.49. The zero-order chi connectivity index (χ0) is 29.0. The Balaban J connectivity index is 1.44. The van der Waals surface area contributed by atoms with Crippen molar-refractivity contribution in [2.45, 2.75) is 62.1 Å². The van der Waals surface area contributed by atoms with Gasteiger partial charge >= 0.3 is 0 Å². The van der Waals surface area contributed by atoms with Crippen LogP contribution in [0.4, 0.5) is 0 Å². The Kier molecular flexibility index (Phi) is 9.61. The first kappa shape index (κ1) is 30.3. The van der Waals surface area contributed by atoms with E-state index in [1.54, 1.807) is 4.90 Å². The number of piperidine rings is 2. The number of hydrogen-bond acceptors (Lipinski definition) is 5. The lowest BCUT2D eigenvalue weighted by Gasteiger charge is -2.52. The number of likely N-dealkylation sites (tertiary alicyclic amines) is 1. The van der Waals surface area contributed by atoms with Gasteiger partial charge in [0.1, 0.15) is 11.1 Å². The van der Waals surface area contributed by atoms with Crippen molar-refractivity contribution in [2.24, 2.45) is 0 Å². The molecule has 3 aliphatic heterocycles. The van der Waals surface area contributed by atoms with E-state index in [9.17, 15) is 9.59 Å². The van der Waals surface area contributed by atoms with Gasteiger partial charge in [-0.1, -0.05) is 53.9 Å². The molecular weight excluding hydrogens is 559 g/mol. The summed E-state index contributed by atoms with van der Waals surface area (Å²) < 4.78 is 6.65. The number of rotatable bonds is 7. The molecule has 222 valence electrons. The number of nitrogens with one attached hydrogen (secondary N) is 1. The number of morpholine rings is 1. The second-order valence-electron chi connectivity index (χ2n) is 11.9. The molecule has 0 bridgehead atoms. The number of carbonyl (C=O) groups excluding carboxylic acids is 2. The third-order valence-electron chi connectivity index (χ3n) is 9.23. The normalized spacial score (nSPS) is 25.1. The van der Waals surface area contributed by atoms with Gasteiger partial charge in [0.05, 0.1) is 23.2 Å². The molecule has 2 aromatic carbocycles. The second-order valence-corrected chi connectivity index (χ2v) is 12.7. The first-order valence-electron chi connectivity index (χ1n) is 14.9. The van der Waals surface area contributed by atoms with Gasteiger partial charge in [0.2, 0.25) is 5.91 Å². The number of ether oxygens (including phenoxy) is 1. The van der Waals surface area contributed by atoms with Crippen molar-refractivity contribution in [3.05, 3.63) is 69.7 Å². The second kappa shape index (κ2) is 13.0. The molecule has 7 nitrogen and oxygen atoms in total. The lowest BCUT2D eigenvalue weighted by molar-refractivity contribution is -0.149. The van der Waals surface area contributed by atoms with Crippen molar-refractivity contribution in [1.29, 1.82) is 0 Å². The van der Waals surface area contributed by atoms with Crippen LogP contribution in [0, 0.1) is 0 Å². The zero-order valence-corrected chi connectivity index (χ0v) is 25.7. The van der Waals surface area contributed by atoms with Gasteiger partial charge in [-0.25, -0.2) is 0 Å². The molecule has 0 aliphatic carbocycles. The van der Waals surface area contributed by atoms with E-state index in [0.29, 0.717) is 41.7 Å². The maximum atomic E-state index is 13.7. The van der Waals surface area contributed by atoms with Gasteiger partial charge in [-0.15, -0.1) is 0 Å². The number of carbonyl (C=O) groups is 2. The molecule has 9 heteroatoms. The molecule has 5 rings (SSSR count). The summed E-state index contributed by atoms with van der Waals surface area (Å²) in [5.74, 6) is 0.210. The Morgan fingerprint density at radius 3 is 2.49 bits per heavy atom. The summed E-state index contributed by atoms with van der Waals surface area (Å²) in [6.45, 7) is 3.99. The summed E-state index contributed by atoms with van der Waals surface area (Å²) in [7, 11) is 3.75. The summed E-state index contributed by atoms with van der Waals surface area (Å²) in [6, 6.07) is 15.4. The van der Waals surface area contributed by atoms with Crippen molar-refractivity contribution < 1.29 is 14.3 Å². The molecular formula is C32H42Cl2N4O3. The summed E-state index contributed by atoms with van der Waals surface area (Å²) in [6.07, 6.45) is 6.46. The molecule has 1 N–H and O–H groups in total. The van der Waals surface area contributed by atoms with E-state index in [0.717, 1.165) is 63.7 Å². The van der Waals surface area contributed by atoms with E-state index < -0.39 is 11.1 Å². The number of likely N-dealkylation sites (N-methyl/N-ethyl adjacent to an activating group) is 1. The van der Waals surface area contributed by atoms with Crippen molar-refractivity contribution in [2.75, 3.05) is 53.4 Å². The minimum absolute atomic E-state index is 0.00265. The molecule has 2 amide bonds. The Morgan fingerprint density at radius 2 is 1.78 bits per heavy atom. The molecule has 3 fully saturated rings. The Hall–Kier alpha value is -2.16. The Bertz CT molecular complexity index is 1220. The van der Waals surface area contributed by atoms with E-state index in [-0.39, 0.29) is 17.9 Å². The Morgan fingerprint density at radius 1 is 1.02 bits per heavy atom. The topological polar surface area (TPSA) is 65.1 Å². The molecule has 3 saturated heterocycles. The first-order chi connectivity index (χ1) is 19.8. The molecule has 1 unspecified atom stereocenters. The molecule has 3 aliphatic rings. The van der Waals surface area contributed by atoms with Crippen molar-refractivity contribution in [3.63, 3.8) is 0 Å². The minimum Gasteiger partial charge on any atom is -0.367 e. The number of nitrogens with zero attached hydrogens (tertiary/aromatic N) is 3. The van der Waals surface area contributed by atoms with Gasteiger partial charge in [0, 0.05) is 32.2 Å². The largest absolute Gasteiger partial charge is 0.367 e. The van der Waals surface area contributed by atoms with E-state index >= 15 is 0 Å². The highest BCUT2D eigenvalue weighted by atomic mass is 35.5. The lowest BCUT2D eigenvalue weighted by atomic mass is 9.79. The SMILES string of the molecule is CN(C)C(=O)C1(N2CCCCC2CC[C@@]2(c3ccc(Cl)c(Cl)c3)CN(C(=O)c3ccccc3)CCO2)CCNCC1. The number of halogens is 2. The summed E-state index contributed by atoms with van der Waals surface area (Å²) in [5, 5.41) is 4.43. The quantitative estimate of drug-likeness (QED) is 0.473. The van der Waals surface area contributed by atoms with Crippen molar-refractivity contribution >= 4 is 35.0 Å². The van der Waals surface area contributed by atoms with Crippen LogP contribution in [-0.2, 0) is 15.1 Å². The third kappa shape index (κ3) is 6.30. The lowest BCUT2D eigenvalue weighted by Crippen LogP contribution is -2.66. The van der Waals surface area contributed by atoms with E-state index in [2.05, 4.69) is 10.2 Å². The predicted molar refractivity (Wildman–Crippen MR) is 164 cm³/mol. The molecule has 0 aromatic heterocycles. The van der Waals surface area contributed by atoms with Crippen LogP contribution in [0.1, 0.15) is 60.9 Å². The fourth-order valence-corrected chi connectivity index (χ4v) is 7.41. The monoisotopic (exact) mass is 600 g/mol. The van der Waals surface area contributed by atoms with Crippen LogP contribution in [0.25, 0.3) is 0 Å². The van der Waals surface area contributed by atoms with Gasteiger partial charge in [-0.3, -0.25) is 14.5 Å². The van der Waals surface area contributed by atoms with Crippen molar-refractivity contribution in [1.82, 2.24) is 20.0 Å². The smallest absolute Gasteiger partial charge is 0.254 e. The van der Waals surface area contributed by atoms with Gasteiger partial charge in [0.25, 0.3) is 5.91 Å². The van der Waals surface area contributed by atoms with Crippen LogP contribution in [0.2, 0.25) is 10.0 Å². The van der Waals surface area contributed by atoms with Crippen LogP contribution >= 0.6 is 23.2 Å². The van der Waals surface area contributed by atoms with Gasteiger partial charge < -0.3 is 19.9 Å². The summed E-state index contributed by atoms with van der Waals surface area (Å²) in [5.41, 5.74) is 0.387. The predicted octanol–water partition coefficient (Wildman–Crippen LogP) is 5.21. The summed E-state index contributed by atoms with van der Waals surface area (Å²) in [4.78, 5) is 33.5. The number of hydrogen-bond donors (Lipinski definition) is 1. The molecule has 2 atom stereocenters. The standard InChI is InChI=1S/C32H42Cl2N4O3/c1-36(2)30(40)31(15-17-35-18-16-31)38-19-7-6-10-26(38)13-14-32(25-11-12-27(33)28(34)22-25)23-37(20-21-41-32)29(39)24-8-4-3-5-9-24/h3-5,8-9,11-12,22,26,35H,6-7,10,13-21,23H2,1-2H3/t26?,32-/m0/s1. The first-order valence-corrected chi connectivity index (χ1v) is 15.6. The van der Waals surface area contributed by atoms with Gasteiger partial charge in [0.15, 0.2) is 0 Å². The average Bonchev–Trinajstić information content (AvgIpc) is 3.01.